The summed E-state index contributed by atoms with van der Waals surface area (Å²) in [7, 11) is 0. The molecule has 2 aromatic carbocycles. The molecular weight excluding hydrogens is 368 g/mol. The summed E-state index contributed by atoms with van der Waals surface area (Å²) in [5, 5.41) is 0. The summed E-state index contributed by atoms with van der Waals surface area (Å²) in [5.74, 6) is 10.9. The Morgan fingerprint density at radius 3 is 1.44 bits per heavy atom. The summed E-state index contributed by atoms with van der Waals surface area (Å²) in [5.41, 5.74) is 4.11. The van der Waals surface area contributed by atoms with E-state index in [4.69, 9.17) is 21.2 Å². The first-order valence-corrected chi connectivity index (χ1v) is 9.05. The van der Waals surface area contributed by atoms with Gasteiger partial charge in [-0.1, -0.05) is 11.8 Å². The van der Waals surface area contributed by atoms with Crippen molar-refractivity contribution >= 4 is 23.6 Å². The maximum absolute atomic E-state index is 11.0. The van der Waals surface area contributed by atoms with E-state index >= 15 is 0 Å². The van der Waals surface area contributed by atoms with Gasteiger partial charge < -0.3 is 9.47 Å². The highest BCUT2D eigenvalue weighted by Crippen LogP contribution is 2.30. The molecule has 0 aromatic heterocycles. The maximum Gasteiger partial charge on any atom is 0.237 e. The average molecular weight is 390 g/mol. The predicted octanol–water partition coefficient (Wildman–Crippen LogP) is 1.36. The molecule has 9 heteroatoms. The summed E-state index contributed by atoms with van der Waals surface area (Å²) in [4.78, 5) is 24.2. The lowest BCUT2D eigenvalue weighted by Gasteiger charge is -2.08. The molecule has 0 aliphatic heterocycles. The van der Waals surface area contributed by atoms with Gasteiger partial charge in [-0.25, -0.2) is 11.7 Å². The fraction of sp³-hybridized carbons (Fsp3) is 0.222. The van der Waals surface area contributed by atoms with E-state index in [9.17, 15) is 9.59 Å². The van der Waals surface area contributed by atoms with Crippen LogP contribution in [0.25, 0.3) is 0 Å². The van der Waals surface area contributed by atoms with Gasteiger partial charge in [0.2, 0.25) is 11.8 Å². The summed E-state index contributed by atoms with van der Waals surface area (Å²) < 4.78 is 11.0. The predicted molar refractivity (Wildman–Crippen MR) is 102 cm³/mol. The fourth-order valence-electron chi connectivity index (χ4n) is 2.01. The number of carbonyl (C=O) groups is 2. The lowest BCUT2D eigenvalue weighted by atomic mass is 10.3. The minimum atomic E-state index is -0.266. The molecule has 2 amide bonds. The number of hydrogen-bond donors (Lipinski definition) is 4. The fourth-order valence-corrected chi connectivity index (χ4v) is 2.83. The van der Waals surface area contributed by atoms with Gasteiger partial charge in [0.15, 0.2) is 0 Å². The van der Waals surface area contributed by atoms with Crippen molar-refractivity contribution in [1.82, 2.24) is 10.9 Å². The summed E-state index contributed by atoms with van der Waals surface area (Å²) in [6.45, 7) is 0.536. The van der Waals surface area contributed by atoms with E-state index in [0.717, 1.165) is 9.79 Å². The molecule has 0 saturated carbocycles. The van der Waals surface area contributed by atoms with Crippen LogP contribution in [0.1, 0.15) is 12.8 Å². The smallest absolute Gasteiger partial charge is 0.237 e. The molecule has 0 saturated heterocycles. The van der Waals surface area contributed by atoms with E-state index in [1.807, 2.05) is 48.5 Å². The van der Waals surface area contributed by atoms with Gasteiger partial charge in [-0.05, 0) is 48.5 Å². The van der Waals surface area contributed by atoms with Crippen molar-refractivity contribution in [3.05, 3.63) is 48.5 Å². The number of rotatable bonds is 10. The molecule has 0 radical (unpaired) electrons. The van der Waals surface area contributed by atoms with Gasteiger partial charge in [0.1, 0.15) is 11.5 Å². The molecule has 0 unspecified atom stereocenters. The van der Waals surface area contributed by atoms with Crippen LogP contribution in [0.5, 0.6) is 11.5 Å². The molecule has 0 heterocycles. The van der Waals surface area contributed by atoms with E-state index in [0.29, 0.717) is 11.5 Å². The van der Waals surface area contributed by atoms with Crippen molar-refractivity contribution in [2.75, 3.05) is 13.2 Å². The highest BCUT2D eigenvalue weighted by atomic mass is 32.2. The standard InChI is InChI=1S/C18H22N4O4S/c19-21-17(23)9-11-25-13-1-5-15(6-2-13)27-16-7-3-14(4-8-16)26-12-10-18(24)22-20/h1-8H,9-12,19-20H2,(H,21,23)(H,22,24). The Balaban J connectivity index is 1.79. The quantitative estimate of drug-likeness (QED) is 0.274. The Kier molecular flexibility index (Phi) is 8.43. The molecular formula is C18H22N4O4S. The summed E-state index contributed by atoms with van der Waals surface area (Å²) in [6.07, 6.45) is 0.413. The topological polar surface area (TPSA) is 129 Å². The molecule has 2 aromatic rings. The van der Waals surface area contributed by atoms with E-state index in [-0.39, 0.29) is 37.9 Å². The number of nitrogens with two attached hydrogens (primary N) is 2. The SMILES string of the molecule is NNC(=O)CCOc1ccc(Sc2ccc(OCCC(=O)NN)cc2)cc1. The largest absolute Gasteiger partial charge is 0.493 e. The van der Waals surface area contributed by atoms with E-state index in [1.54, 1.807) is 11.8 Å². The normalized spacial score (nSPS) is 10.1. The first kappa shape index (κ1) is 20.6. The molecule has 27 heavy (non-hydrogen) atoms. The minimum Gasteiger partial charge on any atom is -0.493 e. The molecule has 6 N–H and O–H groups in total. The van der Waals surface area contributed by atoms with Crippen LogP contribution in [0.2, 0.25) is 0 Å². The lowest BCUT2D eigenvalue weighted by Crippen LogP contribution is -2.31. The second kappa shape index (κ2) is 11.1. The van der Waals surface area contributed by atoms with E-state index in [1.165, 1.54) is 0 Å². The van der Waals surface area contributed by atoms with Gasteiger partial charge in [-0.3, -0.25) is 20.4 Å². The summed E-state index contributed by atoms with van der Waals surface area (Å²) >= 11 is 1.60. The highest BCUT2D eigenvalue weighted by molar-refractivity contribution is 7.99. The third-order valence-electron chi connectivity index (χ3n) is 3.40. The molecule has 2 rings (SSSR count). The number of nitrogens with one attached hydrogen (secondary N) is 2. The van der Waals surface area contributed by atoms with Gasteiger partial charge in [0.05, 0.1) is 26.1 Å². The second-order valence-corrected chi connectivity index (χ2v) is 6.52. The Bertz CT molecular complexity index is 675. The number of carbonyl (C=O) groups excluding carboxylic acids is 2. The number of benzene rings is 2. The van der Waals surface area contributed by atoms with Crippen molar-refractivity contribution in [2.24, 2.45) is 11.7 Å². The molecule has 0 spiro atoms. The number of hydrazine groups is 2. The van der Waals surface area contributed by atoms with Crippen LogP contribution in [-0.4, -0.2) is 25.0 Å². The van der Waals surface area contributed by atoms with Crippen LogP contribution in [0.3, 0.4) is 0 Å². The Labute approximate surface area is 161 Å². The zero-order valence-electron chi connectivity index (χ0n) is 14.6. The van der Waals surface area contributed by atoms with Crippen LogP contribution in [0.15, 0.2) is 58.3 Å². The van der Waals surface area contributed by atoms with E-state index < -0.39 is 0 Å². The average Bonchev–Trinajstić information content (AvgIpc) is 2.70. The third kappa shape index (κ3) is 7.57. The first-order valence-electron chi connectivity index (χ1n) is 8.23. The van der Waals surface area contributed by atoms with Crippen LogP contribution < -0.4 is 32.0 Å². The zero-order chi connectivity index (χ0) is 19.5. The molecule has 0 aliphatic carbocycles. The van der Waals surface area contributed by atoms with Gasteiger partial charge in [-0.15, -0.1) is 0 Å². The van der Waals surface area contributed by atoms with Gasteiger partial charge >= 0.3 is 0 Å². The molecule has 144 valence electrons. The second-order valence-electron chi connectivity index (χ2n) is 5.38. The Morgan fingerprint density at radius 2 is 1.11 bits per heavy atom. The zero-order valence-corrected chi connectivity index (χ0v) is 15.5. The molecule has 0 atom stereocenters. The number of ether oxygens (including phenoxy) is 2. The number of hydrogen-bond acceptors (Lipinski definition) is 7. The van der Waals surface area contributed by atoms with E-state index in [2.05, 4.69) is 10.9 Å². The van der Waals surface area contributed by atoms with Gasteiger partial charge in [0, 0.05) is 9.79 Å². The number of amides is 2. The Hall–Kier alpha value is -2.75. The molecule has 0 bridgehead atoms. The Morgan fingerprint density at radius 1 is 0.741 bits per heavy atom. The molecule has 0 aliphatic rings. The monoisotopic (exact) mass is 390 g/mol. The molecule has 0 fully saturated rings. The first-order chi connectivity index (χ1) is 13.1. The third-order valence-corrected chi connectivity index (χ3v) is 4.42. The van der Waals surface area contributed by atoms with Crippen molar-refractivity contribution in [2.45, 2.75) is 22.6 Å². The minimum absolute atomic E-state index is 0.207. The van der Waals surface area contributed by atoms with Crippen molar-refractivity contribution < 1.29 is 19.1 Å². The van der Waals surface area contributed by atoms with Crippen LogP contribution in [0, 0.1) is 0 Å². The van der Waals surface area contributed by atoms with Gasteiger partial charge in [0.25, 0.3) is 0 Å². The van der Waals surface area contributed by atoms with Crippen LogP contribution in [-0.2, 0) is 9.59 Å². The maximum atomic E-state index is 11.0. The highest BCUT2D eigenvalue weighted by Gasteiger charge is 2.03. The van der Waals surface area contributed by atoms with Crippen LogP contribution in [0.4, 0.5) is 0 Å². The lowest BCUT2D eigenvalue weighted by molar-refractivity contribution is -0.122. The van der Waals surface area contributed by atoms with Crippen molar-refractivity contribution in [3.63, 3.8) is 0 Å². The van der Waals surface area contributed by atoms with Gasteiger partial charge in [-0.2, -0.15) is 0 Å². The van der Waals surface area contributed by atoms with Crippen LogP contribution >= 0.6 is 11.8 Å². The van der Waals surface area contributed by atoms with Crippen molar-refractivity contribution in [3.8, 4) is 11.5 Å². The molecule has 8 nitrogen and oxygen atoms in total. The van der Waals surface area contributed by atoms with Crippen molar-refractivity contribution in [1.29, 1.82) is 0 Å². The summed E-state index contributed by atoms with van der Waals surface area (Å²) in [6, 6.07) is 15.2.